The summed E-state index contributed by atoms with van der Waals surface area (Å²) >= 11 is 0. The summed E-state index contributed by atoms with van der Waals surface area (Å²) in [7, 11) is 1.64. The van der Waals surface area contributed by atoms with Crippen LogP contribution < -0.4 is 10.5 Å². The van der Waals surface area contributed by atoms with Crippen LogP contribution in [0.3, 0.4) is 0 Å². The van der Waals surface area contributed by atoms with Crippen molar-refractivity contribution in [1.29, 1.82) is 0 Å². The number of benzene rings is 1. The van der Waals surface area contributed by atoms with E-state index < -0.39 is 0 Å². The fraction of sp³-hybridized carbons (Fsp3) is 0.467. The number of hydrogen-bond acceptors (Lipinski definition) is 5. The Balaban J connectivity index is 1.86. The Bertz CT molecular complexity index is 582. The molecule has 2 atom stereocenters. The molecule has 0 aliphatic heterocycles. The molecule has 2 unspecified atom stereocenters. The highest BCUT2D eigenvalue weighted by atomic mass is 16.5. The Kier molecular flexibility index (Phi) is 3.69. The van der Waals surface area contributed by atoms with Crippen LogP contribution in [-0.4, -0.2) is 23.3 Å². The van der Waals surface area contributed by atoms with Gasteiger partial charge in [-0.3, -0.25) is 0 Å². The molecule has 2 N–H and O–H groups in total. The third kappa shape index (κ3) is 2.54. The van der Waals surface area contributed by atoms with Gasteiger partial charge in [0.25, 0.3) is 0 Å². The molecular formula is C15H19N3O2. The normalized spacial score (nSPS) is 22.7. The van der Waals surface area contributed by atoms with E-state index in [1.54, 1.807) is 7.11 Å². The molecule has 1 aromatic carbocycles. The lowest BCUT2D eigenvalue weighted by Crippen LogP contribution is -2.26. The molecule has 1 saturated carbocycles. The summed E-state index contributed by atoms with van der Waals surface area (Å²) in [5.74, 6) is 2.31. The van der Waals surface area contributed by atoms with Gasteiger partial charge in [0.1, 0.15) is 5.75 Å². The molecule has 20 heavy (non-hydrogen) atoms. The van der Waals surface area contributed by atoms with Gasteiger partial charge in [0, 0.05) is 12.0 Å². The van der Waals surface area contributed by atoms with Crippen LogP contribution in [0.25, 0.3) is 11.4 Å². The van der Waals surface area contributed by atoms with Gasteiger partial charge < -0.3 is 15.0 Å². The zero-order valence-electron chi connectivity index (χ0n) is 11.6. The summed E-state index contributed by atoms with van der Waals surface area (Å²) in [6.45, 7) is 0. The first-order chi connectivity index (χ1) is 9.78. The van der Waals surface area contributed by atoms with Crippen molar-refractivity contribution >= 4 is 0 Å². The predicted octanol–water partition coefficient (Wildman–Crippen LogP) is 2.73. The van der Waals surface area contributed by atoms with Gasteiger partial charge in [0.05, 0.1) is 12.7 Å². The lowest BCUT2D eigenvalue weighted by atomic mass is 9.86. The van der Waals surface area contributed by atoms with Crippen molar-refractivity contribution in [3.05, 3.63) is 30.2 Å². The number of rotatable bonds is 3. The molecule has 1 heterocycles. The van der Waals surface area contributed by atoms with Crippen molar-refractivity contribution in [1.82, 2.24) is 10.1 Å². The summed E-state index contributed by atoms with van der Waals surface area (Å²) in [5, 5.41) is 4.09. The molecule has 1 aliphatic carbocycles. The molecule has 3 rings (SSSR count). The second kappa shape index (κ2) is 5.63. The van der Waals surface area contributed by atoms with Gasteiger partial charge in [-0.25, -0.2) is 0 Å². The van der Waals surface area contributed by atoms with Crippen LogP contribution in [0.2, 0.25) is 0 Å². The van der Waals surface area contributed by atoms with Crippen molar-refractivity contribution in [2.75, 3.05) is 7.11 Å². The molecule has 0 amide bonds. The van der Waals surface area contributed by atoms with E-state index in [0.29, 0.717) is 11.7 Å². The van der Waals surface area contributed by atoms with Gasteiger partial charge in [-0.15, -0.1) is 0 Å². The molecule has 1 fully saturated rings. The minimum atomic E-state index is 0.246. The lowest BCUT2D eigenvalue weighted by molar-refractivity contribution is 0.299. The summed E-state index contributed by atoms with van der Waals surface area (Å²) in [6.07, 6.45) is 4.21. The Morgan fingerprint density at radius 2 is 2.15 bits per heavy atom. The highest BCUT2D eigenvalue weighted by molar-refractivity contribution is 5.63. The van der Waals surface area contributed by atoms with Gasteiger partial charge in [-0.1, -0.05) is 23.7 Å². The summed E-state index contributed by atoms with van der Waals surface area (Å²) in [4.78, 5) is 4.53. The number of aromatic nitrogens is 2. The highest BCUT2D eigenvalue weighted by Crippen LogP contribution is 2.33. The molecule has 0 spiro atoms. The van der Waals surface area contributed by atoms with Crippen LogP contribution in [0.4, 0.5) is 0 Å². The van der Waals surface area contributed by atoms with E-state index in [2.05, 4.69) is 10.1 Å². The minimum Gasteiger partial charge on any atom is -0.496 e. The second-order valence-electron chi connectivity index (χ2n) is 5.28. The first-order valence-corrected chi connectivity index (χ1v) is 7.00. The molecule has 5 nitrogen and oxygen atoms in total. The Labute approximate surface area is 118 Å². The summed E-state index contributed by atoms with van der Waals surface area (Å²) in [5.41, 5.74) is 6.87. The quantitative estimate of drug-likeness (QED) is 0.930. The van der Waals surface area contributed by atoms with Crippen molar-refractivity contribution in [3.63, 3.8) is 0 Å². The van der Waals surface area contributed by atoms with Gasteiger partial charge in [0.15, 0.2) is 0 Å². The van der Waals surface area contributed by atoms with Gasteiger partial charge >= 0.3 is 0 Å². The maximum Gasteiger partial charge on any atom is 0.230 e. The summed E-state index contributed by atoms with van der Waals surface area (Å²) in [6, 6.07) is 7.92. The number of nitrogens with zero attached hydrogens (tertiary/aromatic N) is 2. The van der Waals surface area contributed by atoms with E-state index in [-0.39, 0.29) is 12.0 Å². The van der Waals surface area contributed by atoms with Crippen molar-refractivity contribution in [2.45, 2.75) is 37.6 Å². The van der Waals surface area contributed by atoms with Crippen molar-refractivity contribution in [3.8, 4) is 17.1 Å². The van der Waals surface area contributed by atoms with Crippen LogP contribution in [0.15, 0.2) is 28.8 Å². The van der Waals surface area contributed by atoms with E-state index in [9.17, 15) is 0 Å². The smallest absolute Gasteiger partial charge is 0.230 e. The van der Waals surface area contributed by atoms with Gasteiger partial charge in [0.2, 0.25) is 11.7 Å². The second-order valence-corrected chi connectivity index (χ2v) is 5.28. The van der Waals surface area contributed by atoms with Gasteiger partial charge in [-0.05, 0) is 31.4 Å². The molecule has 0 bridgehead atoms. The average Bonchev–Trinajstić information content (AvgIpc) is 2.97. The van der Waals surface area contributed by atoms with Crippen LogP contribution in [-0.2, 0) is 0 Å². The number of nitrogens with two attached hydrogens (primary N) is 1. The topological polar surface area (TPSA) is 74.2 Å². The molecule has 1 aliphatic rings. The fourth-order valence-corrected chi connectivity index (χ4v) is 2.79. The van der Waals surface area contributed by atoms with Crippen molar-refractivity contribution < 1.29 is 9.26 Å². The van der Waals surface area contributed by atoms with Crippen LogP contribution in [0, 0.1) is 0 Å². The predicted molar refractivity (Wildman–Crippen MR) is 75.5 cm³/mol. The number of hydrogen-bond donors (Lipinski definition) is 1. The van der Waals surface area contributed by atoms with E-state index in [4.69, 9.17) is 15.0 Å². The van der Waals surface area contributed by atoms with Crippen LogP contribution >= 0.6 is 0 Å². The lowest BCUT2D eigenvalue weighted by Gasteiger charge is -2.23. The molecule has 2 aromatic rings. The summed E-state index contributed by atoms with van der Waals surface area (Å²) < 4.78 is 10.8. The Hall–Kier alpha value is -1.88. The zero-order valence-corrected chi connectivity index (χ0v) is 11.6. The first-order valence-electron chi connectivity index (χ1n) is 7.00. The molecule has 5 heteroatoms. The number of para-hydroxylation sites is 1. The average molecular weight is 273 g/mol. The maximum absolute atomic E-state index is 6.02. The van der Waals surface area contributed by atoms with Crippen molar-refractivity contribution in [2.24, 2.45) is 5.73 Å². The monoisotopic (exact) mass is 273 g/mol. The van der Waals surface area contributed by atoms with E-state index in [0.717, 1.165) is 37.0 Å². The zero-order chi connectivity index (χ0) is 13.9. The first kappa shape index (κ1) is 13.1. The maximum atomic E-state index is 6.02. The fourth-order valence-electron chi connectivity index (χ4n) is 2.79. The SMILES string of the molecule is COc1ccccc1-c1noc(C2CCCC(N)C2)n1. The molecule has 0 saturated heterocycles. The number of ether oxygens (including phenoxy) is 1. The molecular weight excluding hydrogens is 254 g/mol. The van der Waals surface area contributed by atoms with Gasteiger partial charge in [-0.2, -0.15) is 4.98 Å². The Morgan fingerprint density at radius 3 is 2.95 bits per heavy atom. The largest absolute Gasteiger partial charge is 0.496 e. The van der Waals surface area contributed by atoms with Crippen LogP contribution in [0.1, 0.15) is 37.5 Å². The third-order valence-corrected chi connectivity index (χ3v) is 3.85. The highest BCUT2D eigenvalue weighted by Gasteiger charge is 2.26. The molecule has 1 aromatic heterocycles. The van der Waals surface area contributed by atoms with E-state index in [1.807, 2.05) is 24.3 Å². The standard InChI is InChI=1S/C15H19N3O2/c1-19-13-8-3-2-7-12(13)14-17-15(20-18-14)10-5-4-6-11(16)9-10/h2-3,7-8,10-11H,4-6,9,16H2,1H3. The molecule has 0 radical (unpaired) electrons. The number of methoxy groups -OCH3 is 1. The Morgan fingerprint density at radius 1 is 1.30 bits per heavy atom. The minimum absolute atomic E-state index is 0.246. The molecule has 106 valence electrons. The van der Waals surface area contributed by atoms with E-state index in [1.165, 1.54) is 0 Å². The van der Waals surface area contributed by atoms with E-state index >= 15 is 0 Å². The van der Waals surface area contributed by atoms with Crippen LogP contribution in [0.5, 0.6) is 5.75 Å². The third-order valence-electron chi connectivity index (χ3n) is 3.85.